The van der Waals surface area contributed by atoms with E-state index in [1.807, 2.05) is 24.3 Å². The van der Waals surface area contributed by atoms with Crippen molar-refractivity contribution in [3.05, 3.63) is 60.2 Å². The van der Waals surface area contributed by atoms with Crippen LogP contribution in [-0.2, 0) is 9.53 Å². The van der Waals surface area contributed by atoms with Gasteiger partial charge >= 0.3 is 5.97 Å². The Kier molecular flexibility index (Phi) is 4.92. The van der Waals surface area contributed by atoms with Gasteiger partial charge < -0.3 is 4.74 Å². The summed E-state index contributed by atoms with van der Waals surface area (Å²) in [6, 6.07) is 10.5. The summed E-state index contributed by atoms with van der Waals surface area (Å²) in [5.74, 6) is 1.07. The van der Waals surface area contributed by atoms with Crippen molar-refractivity contribution in [1.82, 2.24) is 9.88 Å². The zero-order valence-electron chi connectivity index (χ0n) is 16.3. The van der Waals surface area contributed by atoms with Crippen LogP contribution in [0.25, 0.3) is 17.2 Å². The summed E-state index contributed by atoms with van der Waals surface area (Å²) in [7, 11) is 0. The Labute approximate surface area is 170 Å². The fourth-order valence-corrected chi connectivity index (χ4v) is 5.27. The van der Waals surface area contributed by atoms with Crippen molar-refractivity contribution in [3.63, 3.8) is 0 Å². The lowest BCUT2D eigenvalue weighted by Crippen LogP contribution is -2.51. The minimum atomic E-state index is -0.249. The van der Waals surface area contributed by atoms with Crippen LogP contribution in [0.5, 0.6) is 0 Å². The van der Waals surface area contributed by atoms with Crippen molar-refractivity contribution in [1.29, 1.82) is 0 Å². The van der Waals surface area contributed by atoms with Gasteiger partial charge in [0.05, 0.1) is 12.2 Å². The lowest BCUT2D eigenvalue weighted by molar-refractivity contribution is -0.147. The molecule has 1 saturated carbocycles. The van der Waals surface area contributed by atoms with Gasteiger partial charge in [-0.05, 0) is 54.5 Å². The normalized spacial score (nSPS) is 29.5. The number of rotatable bonds is 3. The number of fused-ring (bicyclic) bond motifs is 2. The Bertz CT molecular complexity index is 927. The van der Waals surface area contributed by atoms with Gasteiger partial charge in [0.2, 0.25) is 0 Å². The van der Waals surface area contributed by atoms with Crippen LogP contribution < -0.4 is 0 Å². The topological polar surface area (TPSA) is 42.4 Å². The van der Waals surface area contributed by atoms with E-state index in [4.69, 9.17) is 4.74 Å². The maximum atomic E-state index is 13.5. The molecule has 5 rings (SSSR count). The molecule has 150 valence electrons. The van der Waals surface area contributed by atoms with Crippen LogP contribution in [0.3, 0.4) is 0 Å². The maximum absolute atomic E-state index is 13.5. The zero-order valence-corrected chi connectivity index (χ0v) is 16.3. The minimum Gasteiger partial charge on any atom is -0.445 e. The third-order valence-electron chi connectivity index (χ3n) is 6.64. The van der Waals surface area contributed by atoms with Crippen LogP contribution in [0, 0.1) is 23.6 Å². The number of ether oxygens (including phenoxy) is 1. The second-order valence-corrected chi connectivity index (χ2v) is 8.44. The average Bonchev–Trinajstić information content (AvgIpc) is 3.11. The molecule has 0 radical (unpaired) electrons. The highest BCUT2D eigenvalue weighted by Crippen LogP contribution is 2.44. The van der Waals surface area contributed by atoms with Gasteiger partial charge in [-0.15, -0.1) is 0 Å². The Hall–Kier alpha value is -2.53. The number of esters is 1. The molecule has 3 heterocycles. The summed E-state index contributed by atoms with van der Waals surface area (Å²) in [6.45, 7) is 1.39. The third-order valence-corrected chi connectivity index (χ3v) is 6.64. The highest BCUT2D eigenvalue weighted by atomic mass is 19.1. The van der Waals surface area contributed by atoms with Crippen molar-refractivity contribution < 1.29 is 13.9 Å². The van der Waals surface area contributed by atoms with Crippen molar-refractivity contribution in [2.24, 2.45) is 17.8 Å². The lowest BCUT2D eigenvalue weighted by Gasteiger charge is -2.46. The number of carbonyl (C=O) groups is 1. The molecule has 3 aliphatic rings. The summed E-state index contributed by atoms with van der Waals surface area (Å²) in [4.78, 5) is 18.7. The molecule has 2 aliphatic heterocycles. The summed E-state index contributed by atoms with van der Waals surface area (Å²) >= 11 is 0. The van der Waals surface area contributed by atoms with E-state index in [9.17, 15) is 9.18 Å². The van der Waals surface area contributed by atoms with Gasteiger partial charge in [-0.25, -0.2) is 4.39 Å². The molecule has 1 aromatic carbocycles. The third kappa shape index (κ3) is 3.71. The van der Waals surface area contributed by atoms with E-state index < -0.39 is 0 Å². The molecule has 0 spiro atoms. The first-order chi connectivity index (χ1) is 14.2. The van der Waals surface area contributed by atoms with Crippen molar-refractivity contribution in [2.45, 2.75) is 31.9 Å². The second-order valence-electron chi connectivity index (χ2n) is 8.44. The van der Waals surface area contributed by atoms with Gasteiger partial charge in [0, 0.05) is 24.2 Å². The van der Waals surface area contributed by atoms with Crippen LogP contribution >= 0.6 is 0 Å². The van der Waals surface area contributed by atoms with E-state index in [0.29, 0.717) is 18.4 Å². The van der Waals surface area contributed by atoms with Gasteiger partial charge in [-0.3, -0.25) is 14.7 Å². The highest BCUT2D eigenvalue weighted by Gasteiger charge is 2.48. The second kappa shape index (κ2) is 7.71. The number of pyridine rings is 1. The molecule has 0 N–H and O–H groups in total. The van der Waals surface area contributed by atoms with Crippen LogP contribution in [0.2, 0.25) is 0 Å². The number of halogens is 1. The predicted molar refractivity (Wildman–Crippen MR) is 109 cm³/mol. The standard InChI is InChI=1S/C24H25FN2O2/c25-19-6-3-5-16(12-19)17-8-9-20(26-13-17)10-11-22-21-7-2-1-4-18(21)14-27-15-23(28)29-24(22)27/h3,5-6,8-13,18,21-22,24H,1-2,4,7,14-15H2/t18?,21?,22?,24-/m1/s1. The molecule has 1 aliphatic carbocycles. The number of nitrogens with zero attached hydrogens (tertiary/aromatic N) is 2. The molecule has 2 saturated heterocycles. The average molecular weight is 392 g/mol. The fourth-order valence-electron chi connectivity index (χ4n) is 5.27. The van der Waals surface area contributed by atoms with Crippen molar-refractivity contribution >= 4 is 12.0 Å². The Morgan fingerprint density at radius 1 is 1.14 bits per heavy atom. The van der Waals surface area contributed by atoms with E-state index in [1.54, 1.807) is 12.3 Å². The molecule has 0 amide bonds. The Morgan fingerprint density at radius 3 is 2.86 bits per heavy atom. The molecule has 1 aromatic heterocycles. The number of aromatic nitrogens is 1. The number of hydrogen-bond acceptors (Lipinski definition) is 4. The largest absolute Gasteiger partial charge is 0.445 e. The van der Waals surface area contributed by atoms with Crippen LogP contribution in [0.1, 0.15) is 31.4 Å². The van der Waals surface area contributed by atoms with Crippen LogP contribution in [-0.4, -0.2) is 35.2 Å². The highest BCUT2D eigenvalue weighted by molar-refractivity contribution is 5.74. The molecule has 3 unspecified atom stereocenters. The first kappa shape index (κ1) is 18.5. The molecular formula is C24H25FN2O2. The van der Waals surface area contributed by atoms with Crippen molar-refractivity contribution in [3.8, 4) is 11.1 Å². The van der Waals surface area contributed by atoms with Gasteiger partial charge in [0.25, 0.3) is 0 Å². The number of benzene rings is 1. The minimum absolute atomic E-state index is 0.107. The Morgan fingerprint density at radius 2 is 2.03 bits per heavy atom. The van der Waals surface area contributed by atoms with E-state index in [2.05, 4.69) is 16.0 Å². The van der Waals surface area contributed by atoms with Gasteiger partial charge in [-0.2, -0.15) is 0 Å². The van der Waals surface area contributed by atoms with Gasteiger partial charge in [0.15, 0.2) is 6.23 Å². The van der Waals surface area contributed by atoms with Crippen LogP contribution in [0.4, 0.5) is 4.39 Å². The van der Waals surface area contributed by atoms with E-state index in [-0.39, 0.29) is 23.9 Å². The summed E-state index contributed by atoms with van der Waals surface area (Å²) in [6.07, 6.45) is 10.9. The molecule has 4 atom stereocenters. The van der Waals surface area contributed by atoms with Gasteiger partial charge in [-0.1, -0.05) is 37.1 Å². The van der Waals surface area contributed by atoms with Crippen LogP contribution in [0.15, 0.2) is 48.7 Å². The number of carbonyl (C=O) groups excluding carboxylic acids is 1. The molecule has 3 fully saturated rings. The van der Waals surface area contributed by atoms with E-state index in [1.165, 1.54) is 37.8 Å². The number of piperidine rings is 1. The zero-order chi connectivity index (χ0) is 19.8. The fraction of sp³-hybridized carbons (Fsp3) is 0.417. The molecule has 5 heteroatoms. The first-order valence-electron chi connectivity index (χ1n) is 10.5. The molecular weight excluding hydrogens is 367 g/mol. The monoisotopic (exact) mass is 392 g/mol. The molecule has 4 nitrogen and oxygen atoms in total. The quantitative estimate of drug-likeness (QED) is 0.720. The summed E-state index contributed by atoms with van der Waals surface area (Å²) in [5, 5.41) is 0. The van der Waals surface area contributed by atoms with E-state index in [0.717, 1.165) is 23.4 Å². The van der Waals surface area contributed by atoms with Gasteiger partial charge in [0.1, 0.15) is 5.82 Å². The van der Waals surface area contributed by atoms with Crippen molar-refractivity contribution in [2.75, 3.05) is 13.1 Å². The Balaban J connectivity index is 1.37. The SMILES string of the molecule is O=C1CN2CC3CCCCC3C(C=Cc3ccc(-c4cccc(F)c4)cn3)[C@H]2O1. The lowest BCUT2D eigenvalue weighted by atomic mass is 9.69. The summed E-state index contributed by atoms with van der Waals surface area (Å²) < 4.78 is 19.1. The molecule has 2 aromatic rings. The molecule has 0 bridgehead atoms. The first-order valence-corrected chi connectivity index (χ1v) is 10.5. The van der Waals surface area contributed by atoms with E-state index >= 15 is 0 Å². The smallest absolute Gasteiger partial charge is 0.321 e. The molecule has 29 heavy (non-hydrogen) atoms. The predicted octanol–water partition coefficient (Wildman–Crippen LogP) is 4.52. The number of hydrogen-bond donors (Lipinski definition) is 0. The summed E-state index contributed by atoms with van der Waals surface area (Å²) in [5.41, 5.74) is 2.57. The maximum Gasteiger partial charge on any atom is 0.321 e.